The Labute approximate surface area is 175 Å². The summed E-state index contributed by atoms with van der Waals surface area (Å²) >= 11 is 0. The van der Waals surface area contributed by atoms with E-state index in [0.29, 0.717) is 24.6 Å². The Hall–Kier alpha value is -3.67. The first-order valence-corrected chi connectivity index (χ1v) is 10.0. The van der Waals surface area contributed by atoms with Gasteiger partial charge in [0, 0.05) is 30.1 Å². The Morgan fingerprint density at radius 1 is 1.00 bits per heavy atom. The van der Waals surface area contributed by atoms with E-state index in [1.54, 1.807) is 6.26 Å². The lowest BCUT2D eigenvalue weighted by atomic mass is 10.2. The van der Waals surface area contributed by atoms with E-state index in [4.69, 9.17) is 9.40 Å². The smallest absolute Gasteiger partial charge is 0.226 e. The highest BCUT2D eigenvalue weighted by Gasteiger charge is 2.19. The van der Waals surface area contributed by atoms with Gasteiger partial charge in [0.15, 0.2) is 11.6 Å². The number of amides is 1. The average Bonchev–Trinajstić information content (AvgIpc) is 3.29. The molecule has 0 fully saturated rings. The maximum atomic E-state index is 12.5. The van der Waals surface area contributed by atoms with Crippen LogP contribution in [0.3, 0.4) is 0 Å². The number of rotatable bonds is 7. The zero-order valence-electron chi connectivity index (χ0n) is 17.1. The molecule has 0 saturated carbocycles. The van der Waals surface area contributed by atoms with Crippen LogP contribution in [0.25, 0.3) is 22.5 Å². The van der Waals surface area contributed by atoms with Crippen LogP contribution in [0.15, 0.2) is 77.4 Å². The number of carbonyl (C=O) groups is 1. The number of fused-ring (bicyclic) bond motifs is 1. The molecule has 2 heterocycles. The summed E-state index contributed by atoms with van der Waals surface area (Å²) in [4.78, 5) is 24.1. The van der Waals surface area contributed by atoms with E-state index < -0.39 is 0 Å². The maximum absolute atomic E-state index is 12.5. The van der Waals surface area contributed by atoms with Crippen molar-refractivity contribution in [2.45, 2.75) is 26.3 Å². The summed E-state index contributed by atoms with van der Waals surface area (Å²) in [5.74, 6) is 1.92. The monoisotopic (exact) mass is 400 g/mol. The Morgan fingerprint density at radius 2 is 1.77 bits per heavy atom. The predicted octanol–water partition coefficient (Wildman–Crippen LogP) is 5.13. The lowest BCUT2D eigenvalue weighted by molar-refractivity contribution is -0.116. The Balaban J connectivity index is 1.62. The summed E-state index contributed by atoms with van der Waals surface area (Å²) in [7, 11) is 0. The van der Waals surface area contributed by atoms with Crippen molar-refractivity contribution in [2.24, 2.45) is 0 Å². The number of furan rings is 1. The molecule has 0 aliphatic heterocycles. The van der Waals surface area contributed by atoms with Gasteiger partial charge in [0.25, 0.3) is 0 Å². The molecular formula is C24H24N4O2. The van der Waals surface area contributed by atoms with Gasteiger partial charge in [-0.05, 0) is 50.2 Å². The van der Waals surface area contributed by atoms with E-state index in [1.807, 2.05) is 66.7 Å². The minimum Gasteiger partial charge on any atom is -0.461 e. The standard InChI is InChI=1S/C24H24N4O2/c1-17(2)28(15-14-22(29)25-18-9-4-3-5-10-18)24-19-11-6-7-12-20(19)26-23(27-24)21-13-8-16-30-21/h3-13,16-17H,14-15H2,1-2H3,(H,25,29). The van der Waals surface area contributed by atoms with Crippen molar-refractivity contribution in [1.29, 1.82) is 0 Å². The number of aromatic nitrogens is 2. The molecule has 0 saturated heterocycles. The molecule has 2 aromatic carbocycles. The molecule has 0 aliphatic rings. The molecule has 0 atom stereocenters. The first-order valence-electron chi connectivity index (χ1n) is 10.0. The third-order valence-electron chi connectivity index (χ3n) is 4.86. The molecular weight excluding hydrogens is 376 g/mol. The molecule has 2 aromatic heterocycles. The van der Waals surface area contributed by atoms with Crippen molar-refractivity contribution in [3.05, 3.63) is 73.0 Å². The van der Waals surface area contributed by atoms with Gasteiger partial charge in [-0.1, -0.05) is 30.3 Å². The minimum absolute atomic E-state index is 0.0310. The van der Waals surface area contributed by atoms with Crippen LogP contribution in [0.5, 0.6) is 0 Å². The van der Waals surface area contributed by atoms with Crippen molar-refractivity contribution in [3.63, 3.8) is 0 Å². The normalized spacial score (nSPS) is 11.0. The first kappa shape index (κ1) is 19.6. The number of para-hydroxylation sites is 2. The van der Waals surface area contributed by atoms with Gasteiger partial charge < -0.3 is 14.6 Å². The van der Waals surface area contributed by atoms with Crippen LogP contribution in [0.4, 0.5) is 11.5 Å². The third-order valence-corrected chi connectivity index (χ3v) is 4.86. The highest BCUT2D eigenvalue weighted by molar-refractivity contribution is 5.93. The fraction of sp³-hybridized carbons (Fsp3) is 0.208. The fourth-order valence-corrected chi connectivity index (χ4v) is 3.37. The van der Waals surface area contributed by atoms with Gasteiger partial charge in [0.2, 0.25) is 5.91 Å². The second-order valence-corrected chi connectivity index (χ2v) is 7.32. The molecule has 0 bridgehead atoms. The SMILES string of the molecule is CC(C)N(CCC(=O)Nc1ccccc1)c1nc(-c2ccco2)nc2ccccc12. The molecule has 6 heteroatoms. The van der Waals surface area contributed by atoms with Gasteiger partial charge in [0.1, 0.15) is 5.82 Å². The van der Waals surface area contributed by atoms with Crippen molar-refractivity contribution in [3.8, 4) is 11.6 Å². The van der Waals surface area contributed by atoms with Crippen molar-refractivity contribution in [1.82, 2.24) is 9.97 Å². The van der Waals surface area contributed by atoms with Crippen LogP contribution < -0.4 is 10.2 Å². The van der Waals surface area contributed by atoms with Gasteiger partial charge >= 0.3 is 0 Å². The van der Waals surface area contributed by atoms with Gasteiger partial charge in [-0.15, -0.1) is 0 Å². The lowest BCUT2D eigenvalue weighted by Gasteiger charge is -2.29. The molecule has 4 aromatic rings. The van der Waals surface area contributed by atoms with Crippen molar-refractivity contribution >= 4 is 28.3 Å². The van der Waals surface area contributed by atoms with E-state index in [2.05, 4.69) is 29.0 Å². The minimum atomic E-state index is -0.0310. The highest BCUT2D eigenvalue weighted by Crippen LogP contribution is 2.29. The fourth-order valence-electron chi connectivity index (χ4n) is 3.37. The van der Waals surface area contributed by atoms with Crippen LogP contribution in [-0.4, -0.2) is 28.5 Å². The number of hydrogen-bond acceptors (Lipinski definition) is 5. The largest absolute Gasteiger partial charge is 0.461 e. The van der Waals surface area contributed by atoms with Gasteiger partial charge in [-0.25, -0.2) is 9.97 Å². The topological polar surface area (TPSA) is 71.3 Å². The quantitative estimate of drug-likeness (QED) is 0.465. The molecule has 0 spiro atoms. The van der Waals surface area contributed by atoms with E-state index in [-0.39, 0.29) is 11.9 Å². The molecule has 1 N–H and O–H groups in total. The first-order chi connectivity index (χ1) is 14.6. The molecule has 152 valence electrons. The van der Waals surface area contributed by atoms with Gasteiger partial charge in [0.05, 0.1) is 11.8 Å². The summed E-state index contributed by atoms with van der Waals surface area (Å²) in [6.07, 6.45) is 1.96. The van der Waals surface area contributed by atoms with Gasteiger partial charge in [-0.2, -0.15) is 0 Å². The van der Waals surface area contributed by atoms with Crippen LogP contribution in [0.2, 0.25) is 0 Å². The number of nitrogens with zero attached hydrogens (tertiary/aromatic N) is 3. The maximum Gasteiger partial charge on any atom is 0.226 e. The highest BCUT2D eigenvalue weighted by atomic mass is 16.3. The second-order valence-electron chi connectivity index (χ2n) is 7.32. The molecule has 4 rings (SSSR count). The van der Waals surface area contributed by atoms with E-state index >= 15 is 0 Å². The Bertz CT molecular complexity index is 1120. The molecule has 0 radical (unpaired) electrons. The molecule has 30 heavy (non-hydrogen) atoms. The summed E-state index contributed by atoms with van der Waals surface area (Å²) in [6.45, 7) is 4.73. The third kappa shape index (κ3) is 4.33. The van der Waals surface area contributed by atoms with Crippen molar-refractivity contribution < 1.29 is 9.21 Å². The Morgan fingerprint density at radius 3 is 2.50 bits per heavy atom. The average molecular weight is 400 g/mol. The number of benzene rings is 2. The van der Waals surface area contributed by atoms with Crippen LogP contribution in [0, 0.1) is 0 Å². The molecule has 1 amide bonds. The summed E-state index contributed by atoms with van der Waals surface area (Å²) < 4.78 is 5.52. The summed E-state index contributed by atoms with van der Waals surface area (Å²) in [5, 5.41) is 3.89. The number of carbonyl (C=O) groups excluding carboxylic acids is 1. The van der Waals surface area contributed by atoms with E-state index in [1.165, 1.54) is 0 Å². The summed E-state index contributed by atoms with van der Waals surface area (Å²) in [6, 6.07) is 21.2. The van der Waals surface area contributed by atoms with Crippen LogP contribution in [-0.2, 0) is 4.79 Å². The van der Waals surface area contributed by atoms with E-state index in [0.717, 1.165) is 22.4 Å². The molecule has 0 unspecified atom stereocenters. The van der Waals surface area contributed by atoms with Gasteiger partial charge in [-0.3, -0.25) is 4.79 Å². The number of nitrogens with one attached hydrogen (secondary N) is 1. The molecule has 0 aliphatic carbocycles. The second kappa shape index (κ2) is 8.78. The lowest BCUT2D eigenvalue weighted by Crippen LogP contribution is -2.34. The van der Waals surface area contributed by atoms with E-state index in [9.17, 15) is 4.79 Å². The zero-order valence-corrected chi connectivity index (χ0v) is 17.1. The number of anilines is 2. The van der Waals surface area contributed by atoms with Crippen LogP contribution in [0.1, 0.15) is 20.3 Å². The van der Waals surface area contributed by atoms with Crippen molar-refractivity contribution in [2.75, 3.05) is 16.8 Å². The number of hydrogen-bond donors (Lipinski definition) is 1. The molecule has 6 nitrogen and oxygen atoms in total. The predicted molar refractivity (Wildman–Crippen MR) is 119 cm³/mol. The zero-order chi connectivity index (χ0) is 20.9. The Kier molecular flexibility index (Phi) is 5.75. The van der Waals surface area contributed by atoms with Crippen LogP contribution >= 0.6 is 0 Å². The summed E-state index contributed by atoms with van der Waals surface area (Å²) in [5.41, 5.74) is 1.64.